The van der Waals surface area contributed by atoms with E-state index in [1.54, 1.807) is 11.3 Å². The SMILES string of the molecule is COC(=O)c1c(NC(=S)N2CCN(c3ccccc3)CC2)sc2c1CCC2. The van der Waals surface area contributed by atoms with E-state index in [1.165, 1.54) is 17.7 Å². The van der Waals surface area contributed by atoms with Crippen LogP contribution in [0.25, 0.3) is 0 Å². The second-order valence-corrected chi connectivity index (χ2v) is 8.28. The summed E-state index contributed by atoms with van der Waals surface area (Å²) in [5.41, 5.74) is 3.07. The summed E-state index contributed by atoms with van der Waals surface area (Å²) in [5, 5.41) is 4.86. The Labute approximate surface area is 168 Å². The van der Waals surface area contributed by atoms with Crippen molar-refractivity contribution in [3.05, 3.63) is 46.3 Å². The van der Waals surface area contributed by atoms with E-state index in [4.69, 9.17) is 17.0 Å². The highest BCUT2D eigenvalue weighted by Gasteiger charge is 2.28. The molecule has 0 radical (unpaired) electrons. The highest BCUT2D eigenvalue weighted by molar-refractivity contribution is 7.80. The van der Waals surface area contributed by atoms with E-state index in [0.29, 0.717) is 10.7 Å². The standard InChI is InChI=1S/C20H23N3O2S2/c1-25-19(24)17-15-8-5-9-16(15)27-18(17)21-20(26)23-12-10-22(11-13-23)14-6-3-2-4-7-14/h2-4,6-7H,5,8-13H2,1H3,(H,21,26). The molecule has 1 aliphatic carbocycles. The summed E-state index contributed by atoms with van der Waals surface area (Å²) in [5.74, 6) is -0.270. The van der Waals surface area contributed by atoms with Crippen molar-refractivity contribution in [3.63, 3.8) is 0 Å². The molecule has 2 heterocycles. The number of hydrogen-bond donors (Lipinski definition) is 1. The molecule has 0 saturated carbocycles. The molecule has 27 heavy (non-hydrogen) atoms. The van der Waals surface area contributed by atoms with Gasteiger partial charge < -0.3 is 19.9 Å². The number of esters is 1. The predicted octanol–water partition coefficient (Wildman–Crippen LogP) is 3.54. The molecule has 0 atom stereocenters. The second-order valence-electron chi connectivity index (χ2n) is 6.79. The number of rotatable bonds is 3. The Morgan fingerprint density at radius 3 is 2.59 bits per heavy atom. The van der Waals surface area contributed by atoms with Gasteiger partial charge in [0.15, 0.2) is 5.11 Å². The molecular weight excluding hydrogens is 378 g/mol. The molecule has 1 aromatic carbocycles. The Morgan fingerprint density at radius 2 is 1.89 bits per heavy atom. The van der Waals surface area contributed by atoms with Gasteiger partial charge in [0.25, 0.3) is 0 Å². The van der Waals surface area contributed by atoms with Crippen LogP contribution in [0.4, 0.5) is 10.7 Å². The van der Waals surface area contributed by atoms with Crippen molar-refractivity contribution in [1.29, 1.82) is 0 Å². The maximum Gasteiger partial charge on any atom is 0.341 e. The number of ether oxygens (including phenoxy) is 1. The summed E-state index contributed by atoms with van der Waals surface area (Å²) in [6.07, 6.45) is 3.09. The number of fused-ring (bicyclic) bond motifs is 1. The summed E-state index contributed by atoms with van der Waals surface area (Å²) in [4.78, 5) is 18.1. The van der Waals surface area contributed by atoms with E-state index in [0.717, 1.165) is 56.0 Å². The van der Waals surface area contributed by atoms with Crippen molar-refractivity contribution in [2.24, 2.45) is 0 Å². The van der Waals surface area contributed by atoms with Crippen molar-refractivity contribution in [3.8, 4) is 0 Å². The lowest BCUT2D eigenvalue weighted by Gasteiger charge is -2.37. The van der Waals surface area contributed by atoms with Gasteiger partial charge in [0, 0.05) is 36.7 Å². The van der Waals surface area contributed by atoms with E-state index < -0.39 is 0 Å². The first-order chi connectivity index (χ1) is 13.2. The second kappa shape index (κ2) is 7.86. The largest absolute Gasteiger partial charge is 0.465 e. The van der Waals surface area contributed by atoms with Crippen LogP contribution in [-0.2, 0) is 17.6 Å². The lowest BCUT2D eigenvalue weighted by atomic mass is 10.1. The Morgan fingerprint density at radius 1 is 1.15 bits per heavy atom. The highest BCUT2D eigenvalue weighted by atomic mass is 32.1. The third-order valence-corrected chi connectivity index (χ3v) is 6.79. The van der Waals surface area contributed by atoms with Crippen LogP contribution in [0.15, 0.2) is 30.3 Å². The molecule has 0 spiro atoms. The first kappa shape index (κ1) is 18.3. The van der Waals surface area contributed by atoms with Gasteiger partial charge in [0.1, 0.15) is 5.00 Å². The molecular formula is C20H23N3O2S2. The molecule has 0 bridgehead atoms. The molecule has 2 aromatic rings. The number of methoxy groups -OCH3 is 1. The van der Waals surface area contributed by atoms with Gasteiger partial charge in [0.05, 0.1) is 12.7 Å². The fourth-order valence-corrected chi connectivity index (χ4v) is 5.42. The van der Waals surface area contributed by atoms with Crippen LogP contribution >= 0.6 is 23.6 Å². The number of nitrogens with zero attached hydrogens (tertiary/aromatic N) is 2. The molecule has 1 fully saturated rings. The molecule has 1 N–H and O–H groups in total. The zero-order chi connectivity index (χ0) is 18.8. The minimum absolute atomic E-state index is 0.270. The first-order valence-corrected chi connectivity index (χ1v) is 10.5. The number of carbonyl (C=O) groups excluding carboxylic acids is 1. The minimum atomic E-state index is -0.270. The number of piperazine rings is 1. The number of para-hydroxylation sites is 1. The van der Waals surface area contributed by atoms with Gasteiger partial charge in [-0.3, -0.25) is 0 Å². The number of anilines is 2. The molecule has 1 saturated heterocycles. The molecule has 0 amide bonds. The van der Waals surface area contributed by atoms with Crippen LogP contribution in [0.3, 0.4) is 0 Å². The van der Waals surface area contributed by atoms with Crippen molar-refractivity contribution >= 4 is 45.3 Å². The average Bonchev–Trinajstić information content (AvgIpc) is 3.29. The summed E-state index contributed by atoms with van der Waals surface area (Å²) < 4.78 is 5.01. The number of nitrogens with one attached hydrogen (secondary N) is 1. The topological polar surface area (TPSA) is 44.8 Å². The van der Waals surface area contributed by atoms with Crippen molar-refractivity contribution in [1.82, 2.24) is 4.90 Å². The zero-order valence-corrected chi connectivity index (χ0v) is 17.0. The summed E-state index contributed by atoms with van der Waals surface area (Å²) >= 11 is 7.30. The van der Waals surface area contributed by atoms with Gasteiger partial charge in [-0.25, -0.2) is 4.79 Å². The van der Waals surface area contributed by atoms with Crippen molar-refractivity contribution < 1.29 is 9.53 Å². The Hall–Kier alpha value is -2.12. The molecule has 2 aliphatic rings. The summed E-state index contributed by atoms with van der Waals surface area (Å²) in [6, 6.07) is 10.5. The number of thiocarbonyl (C=S) groups is 1. The van der Waals surface area contributed by atoms with Crippen LogP contribution in [-0.4, -0.2) is 49.3 Å². The van der Waals surface area contributed by atoms with Crippen LogP contribution < -0.4 is 10.2 Å². The first-order valence-electron chi connectivity index (χ1n) is 9.26. The molecule has 7 heteroatoms. The van der Waals surface area contributed by atoms with Gasteiger partial charge in [-0.1, -0.05) is 18.2 Å². The van der Waals surface area contributed by atoms with Gasteiger partial charge in [0.2, 0.25) is 0 Å². The molecule has 4 rings (SSSR count). The predicted molar refractivity (Wildman–Crippen MR) is 114 cm³/mol. The van der Waals surface area contributed by atoms with Crippen LogP contribution in [0.2, 0.25) is 0 Å². The lowest BCUT2D eigenvalue weighted by Crippen LogP contribution is -2.50. The van der Waals surface area contributed by atoms with E-state index in [2.05, 4.69) is 39.4 Å². The number of hydrogen-bond acceptors (Lipinski definition) is 5. The minimum Gasteiger partial charge on any atom is -0.465 e. The lowest BCUT2D eigenvalue weighted by molar-refractivity contribution is 0.0601. The third-order valence-electron chi connectivity index (χ3n) is 5.22. The maximum absolute atomic E-state index is 12.3. The smallest absolute Gasteiger partial charge is 0.341 e. The van der Waals surface area contributed by atoms with Gasteiger partial charge in [-0.2, -0.15) is 0 Å². The van der Waals surface area contributed by atoms with Crippen LogP contribution in [0.5, 0.6) is 0 Å². The van der Waals surface area contributed by atoms with Gasteiger partial charge >= 0.3 is 5.97 Å². The normalized spacial score (nSPS) is 16.2. The molecule has 142 valence electrons. The Bertz CT molecular complexity index is 842. The van der Waals surface area contributed by atoms with Gasteiger partial charge in [-0.05, 0) is 49.2 Å². The fraction of sp³-hybridized carbons (Fsp3) is 0.400. The monoisotopic (exact) mass is 401 g/mol. The average molecular weight is 402 g/mol. The summed E-state index contributed by atoms with van der Waals surface area (Å²) in [6.45, 7) is 3.58. The summed E-state index contributed by atoms with van der Waals surface area (Å²) in [7, 11) is 1.44. The van der Waals surface area contributed by atoms with Crippen molar-refractivity contribution in [2.45, 2.75) is 19.3 Å². The maximum atomic E-state index is 12.3. The van der Waals surface area contributed by atoms with E-state index >= 15 is 0 Å². The zero-order valence-electron chi connectivity index (χ0n) is 15.4. The quantitative estimate of drug-likeness (QED) is 0.627. The highest BCUT2D eigenvalue weighted by Crippen LogP contribution is 2.39. The Balaban J connectivity index is 1.43. The third kappa shape index (κ3) is 3.66. The molecule has 1 aromatic heterocycles. The van der Waals surface area contributed by atoms with Crippen molar-refractivity contribution in [2.75, 3.05) is 43.5 Å². The van der Waals surface area contributed by atoms with E-state index in [1.807, 2.05) is 6.07 Å². The van der Waals surface area contributed by atoms with E-state index in [9.17, 15) is 4.79 Å². The molecule has 1 aliphatic heterocycles. The van der Waals surface area contributed by atoms with Crippen LogP contribution in [0.1, 0.15) is 27.2 Å². The number of benzene rings is 1. The fourth-order valence-electron chi connectivity index (χ4n) is 3.79. The van der Waals surface area contributed by atoms with Gasteiger partial charge in [-0.15, -0.1) is 11.3 Å². The molecule has 0 unspecified atom stereocenters. The Kier molecular flexibility index (Phi) is 5.31. The van der Waals surface area contributed by atoms with Crippen LogP contribution in [0, 0.1) is 0 Å². The number of carbonyl (C=O) groups is 1. The molecule has 5 nitrogen and oxygen atoms in total. The number of thiophene rings is 1. The van der Waals surface area contributed by atoms with E-state index in [-0.39, 0.29) is 5.97 Å². The number of aryl methyl sites for hydroxylation is 1.